The maximum absolute atomic E-state index is 12.1. The quantitative estimate of drug-likeness (QED) is 0.700. The number of methoxy groups -OCH3 is 2. The van der Waals surface area contributed by atoms with Crippen molar-refractivity contribution in [2.75, 3.05) is 14.2 Å². The van der Waals surface area contributed by atoms with Gasteiger partial charge in [0.05, 0.1) is 20.6 Å². The minimum Gasteiger partial charge on any atom is -0.497 e. The average Bonchev–Trinajstić information content (AvgIpc) is 2.67. The third-order valence-electron chi connectivity index (χ3n) is 4.22. The number of alkyl carbamates (subject to hydrolysis) is 1. The Morgan fingerprint density at radius 1 is 0.931 bits per heavy atom. The Hall–Kier alpha value is -3.02. The molecule has 2 aromatic rings. The van der Waals surface area contributed by atoms with Gasteiger partial charge in [-0.3, -0.25) is 4.79 Å². The van der Waals surface area contributed by atoms with E-state index >= 15 is 0 Å². The zero-order valence-electron chi connectivity index (χ0n) is 17.7. The molecule has 2 aromatic carbocycles. The topological polar surface area (TPSA) is 73.9 Å². The largest absolute Gasteiger partial charge is 0.497 e. The van der Waals surface area contributed by atoms with Crippen LogP contribution in [-0.4, -0.2) is 37.9 Å². The van der Waals surface area contributed by atoms with Crippen molar-refractivity contribution in [3.8, 4) is 16.9 Å². The number of hydrogen-bond donors (Lipinski definition) is 1. The number of carbonyl (C=O) groups is 2. The fraction of sp³-hybridized carbons (Fsp3) is 0.391. The molecule has 1 amide bonds. The van der Waals surface area contributed by atoms with Gasteiger partial charge in [0.2, 0.25) is 0 Å². The van der Waals surface area contributed by atoms with Crippen molar-refractivity contribution < 1.29 is 23.8 Å². The predicted molar refractivity (Wildman–Crippen MR) is 112 cm³/mol. The van der Waals surface area contributed by atoms with Crippen LogP contribution in [0.3, 0.4) is 0 Å². The molecule has 0 saturated heterocycles. The summed E-state index contributed by atoms with van der Waals surface area (Å²) in [6, 6.07) is 15.4. The molecule has 6 heteroatoms. The van der Waals surface area contributed by atoms with Gasteiger partial charge in [-0.1, -0.05) is 36.4 Å². The third-order valence-corrected chi connectivity index (χ3v) is 4.22. The molecule has 1 atom stereocenters. The molecule has 0 spiro atoms. The van der Waals surface area contributed by atoms with E-state index in [1.165, 1.54) is 7.11 Å². The summed E-state index contributed by atoms with van der Waals surface area (Å²) in [5, 5.41) is 2.77. The predicted octanol–water partition coefficient (Wildman–Crippen LogP) is 4.36. The van der Waals surface area contributed by atoms with E-state index in [1.807, 2.05) is 48.5 Å². The van der Waals surface area contributed by atoms with E-state index in [0.29, 0.717) is 6.42 Å². The molecule has 156 valence electrons. The molecule has 0 aliphatic rings. The van der Waals surface area contributed by atoms with E-state index in [0.717, 1.165) is 22.4 Å². The fourth-order valence-corrected chi connectivity index (χ4v) is 2.83. The second-order valence-corrected chi connectivity index (χ2v) is 7.75. The van der Waals surface area contributed by atoms with Gasteiger partial charge in [-0.15, -0.1) is 0 Å². The summed E-state index contributed by atoms with van der Waals surface area (Å²) in [6.45, 7) is 5.37. The summed E-state index contributed by atoms with van der Waals surface area (Å²) in [7, 11) is 2.97. The number of esters is 1. The van der Waals surface area contributed by atoms with Crippen molar-refractivity contribution >= 4 is 12.1 Å². The smallest absolute Gasteiger partial charge is 0.407 e. The lowest BCUT2D eigenvalue weighted by atomic mass is 9.99. The van der Waals surface area contributed by atoms with Gasteiger partial charge in [-0.05, 0) is 56.0 Å². The first kappa shape index (κ1) is 22.3. The SMILES string of the molecule is COC(=O)C[C@H](Cc1ccc(-c2ccc(OC)cc2)cc1)NC(=O)OC(C)(C)C. The Bertz CT molecular complexity index is 807. The first-order valence-corrected chi connectivity index (χ1v) is 9.50. The first-order chi connectivity index (χ1) is 13.7. The van der Waals surface area contributed by atoms with Crippen LogP contribution in [0.4, 0.5) is 4.79 Å². The zero-order valence-corrected chi connectivity index (χ0v) is 17.7. The van der Waals surface area contributed by atoms with Crippen LogP contribution in [0.25, 0.3) is 11.1 Å². The average molecular weight is 399 g/mol. The lowest BCUT2D eigenvalue weighted by molar-refractivity contribution is -0.141. The molecule has 2 rings (SSSR count). The van der Waals surface area contributed by atoms with Gasteiger partial charge in [0.25, 0.3) is 0 Å². The molecule has 0 radical (unpaired) electrons. The maximum atomic E-state index is 12.1. The summed E-state index contributed by atoms with van der Waals surface area (Å²) >= 11 is 0. The Balaban J connectivity index is 2.08. The number of amides is 1. The molecule has 0 bridgehead atoms. The minimum atomic E-state index is -0.611. The molecule has 6 nitrogen and oxygen atoms in total. The molecule has 0 heterocycles. The Morgan fingerprint density at radius 3 is 1.97 bits per heavy atom. The van der Waals surface area contributed by atoms with Crippen molar-refractivity contribution in [3.63, 3.8) is 0 Å². The van der Waals surface area contributed by atoms with E-state index in [9.17, 15) is 9.59 Å². The standard InChI is InChI=1S/C23H29NO5/c1-23(2,3)29-22(26)24-19(15-21(25)28-5)14-16-6-8-17(9-7-16)18-10-12-20(27-4)13-11-18/h6-13,19H,14-15H2,1-5H3,(H,24,26)/t19-/m0/s1. The number of benzene rings is 2. The second kappa shape index (κ2) is 9.96. The lowest BCUT2D eigenvalue weighted by Gasteiger charge is -2.23. The summed E-state index contributed by atoms with van der Waals surface area (Å²) < 4.78 is 15.2. The van der Waals surface area contributed by atoms with Crippen molar-refractivity contribution in [2.24, 2.45) is 0 Å². The van der Waals surface area contributed by atoms with Crippen LogP contribution in [0, 0.1) is 0 Å². The first-order valence-electron chi connectivity index (χ1n) is 9.50. The second-order valence-electron chi connectivity index (χ2n) is 7.75. The molecule has 0 unspecified atom stereocenters. The zero-order chi connectivity index (χ0) is 21.4. The van der Waals surface area contributed by atoms with Gasteiger partial charge >= 0.3 is 12.1 Å². The summed E-state index contributed by atoms with van der Waals surface area (Å²) in [5.41, 5.74) is 2.53. The van der Waals surface area contributed by atoms with Crippen molar-refractivity contribution in [1.29, 1.82) is 0 Å². The molecule has 0 saturated carbocycles. The van der Waals surface area contributed by atoms with Gasteiger partial charge in [0, 0.05) is 6.04 Å². The number of nitrogens with one attached hydrogen (secondary N) is 1. The van der Waals surface area contributed by atoms with Gasteiger partial charge in [-0.25, -0.2) is 4.79 Å². The Morgan fingerprint density at radius 2 is 1.48 bits per heavy atom. The van der Waals surface area contributed by atoms with Crippen LogP contribution >= 0.6 is 0 Å². The molecule has 0 fully saturated rings. The minimum absolute atomic E-state index is 0.0655. The summed E-state index contributed by atoms with van der Waals surface area (Å²) in [4.78, 5) is 23.9. The number of carbonyl (C=O) groups excluding carboxylic acids is 2. The number of ether oxygens (including phenoxy) is 3. The van der Waals surface area contributed by atoms with Crippen LogP contribution in [0.5, 0.6) is 5.75 Å². The van der Waals surface area contributed by atoms with Gasteiger partial charge in [-0.2, -0.15) is 0 Å². The number of hydrogen-bond acceptors (Lipinski definition) is 5. The van der Waals surface area contributed by atoms with Gasteiger partial charge in [0.1, 0.15) is 11.4 Å². The molecular weight excluding hydrogens is 370 g/mol. The van der Waals surface area contributed by atoms with E-state index in [4.69, 9.17) is 14.2 Å². The fourth-order valence-electron chi connectivity index (χ4n) is 2.83. The molecule has 0 aromatic heterocycles. The van der Waals surface area contributed by atoms with Crippen LogP contribution in [0.15, 0.2) is 48.5 Å². The van der Waals surface area contributed by atoms with Crippen molar-refractivity contribution in [2.45, 2.75) is 45.3 Å². The molecular formula is C23H29NO5. The molecule has 29 heavy (non-hydrogen) atoms. The summed E-state index contributed by atoms with van der Waals surface area (Å²) in [6.07, 6.45) is -0.00557. The molecule has 0 aliphatic heterocycles. The van der Waals surface area contributed by atoms with Crippen LogP contribution in [0.2, 0.25) is 0 Å². The van der Waals surface area contributed by atoms with Crippen LogP contribution in [-0.2, 0) is 20.7 Å². The van der Waals surface area contributed by atoms with Gasteiger partial charge in [0.15, 0.2) is 0 Å². The van der Waals surface area contributed by atoms with Crippen LogP contribution < -0.4 is 10.1 Å². The Kier molecular flexibility index (Phi) is 7.65. The highest BCUT2D eigenvalue weighted by Gasteiger charge is 2.22. The Labute approximate surface area is 172 Å². The van der Waals surface area contributed by atoms with Gasteiger partial charge < -0.3 is 19.5 Å². The highest BCUT2D eigenvalue weighted by molar-refractivity contribution is 5.73. The van der Waals surface area contributed by atoms with Crippen LogP contribution in [0.1, 0.15) is 32.8 Å². The highest BCUT2D eigenvalue weighted by atomic mass is 16.6. The molecule has 0 aliphatic carbocycles. The number of rotatable bonds is 7. The lowest BCUT2D eigenvalue weighted by Crippen LogP contribution is -2.41. The normalized spacial score (nSPS) is 12.0. The van der Waals surface area contributed by atoms with Crippen molar-refractivity contribution in [1.82, 2.24) is 5.32 Å². The van der Waals surface area contributed by atoms with E-state index in [1.54, 1.807) is 27.9 Å². The molecule has 1 N–H and O–H groups in total. The van der Waals surface area contributed by atoms with E-state index in [-0.39, 0.29) is 12.4 Å². The third kappa shape index (κ3) is 7.49. The monoisotopic (exact) mass is 399 g/mol. The summed E-state index contributed by atoms with van der Waals surface area (Å²) in [5.74, 6) is 0.421. The maximum Gasteiger partial charge on any atom is 0.407 e. The highest BCUT2D eigenvalue weighted by Crippen LogP contribution is 2.23. The van der Waals surface area contributed by atoms with Crippen molar-refractivity contribution in [3.05, 3.63) is 54.1 Å². The van der Waals surface area contributed by atoms with E-state index in [2.05, 4.69) is 5.32 Å². The van der Waals surface area contributed by atoms with E-state index < -0.39 is 17.7 Å².